The predicted octanol–water partition coefficient (Wildman–Crippen LogP) is 3.04. The standard InChI is InChI=1S/C12H21NSi/c1-11(14(2,3)4)13-10-12-8-6-5-7-9-12/h5-9,11,13H,10H2,1-4H3. The van der Waals surface area contributed by atoms with E-state index in [4.69, 9.17) is 0 Å². The first-order chi connectivity index (χ1) is 6.50. The maximum absolute atomic E-state index is 3.60. The van der Waals surface area contributed by atoms with Crippen molar-refractivity contribution in [1.82, 2.24) is 5.32 Å². The molecule has 0 bridgehead atoms. The highest BCUT2D eigenvalue weighted by atomic mass is 28.3. The summed E-state index contributed by atoms with van der Waals surface area (Å²) in [6, 6.07) is 10.6. The highest BCUT2D eigenvalue weighted by Gasteiger charge is 2.21. The van der Waals surface area contributed by atoms with E-state index in [0.29, 0.717) is 5.67 Å². The molecule has 0 radical (unpaired) electrons. The molecular weight excluding hydrogens is 186 g/mol. The molecule has 1 N–H and O–H groups in total. The number of nitrogens with one attached hydrogen (secondary N) is 1. The molecule has 0 aliphatic heterocycles. The topological polar surface area (TPSA) is 12.0 Å². The molecule has 0 saturated heterocycles. The number of rotatable bonds is 4. The van der Waals surface area contributed by atoms with Crippen LogP contribution in [0.2, 0.25) is 19.6 Å². The minimum atomic E-state index is -1.03. The normalized spacial score (nSPS) is 14.0. The van der Waals surface area contributed by atoms with Gasteiger partial charge in [-0.25, -0.2) is 0 Å². The summed E-state index contributed by atoms with van der Waals surface area (Å²) in [5.41, 5.74) is 2.04. The minimum absolute atomic E-state index is 0.669. The second-order valence-corrected chi connectivity index (χ2v) is 10.6. The Morgan fingerprint density at radius 1 is 1.14 bits per heavy atom. The average Bonchev–Trinajstić information content (AvgIpc) is 2.14. The van der Waals surface area contributed by atoms with Crippen molar-refractivity contribution >= 4 is 8.07 Å². The maximum Gasteiger partial charge on any atom is 0.0631 e. The largest absolute Gasteiger partial charge is 0.313 e. The molecule has 0 aliphatic rings. The lowest BCUT2D eigenvalue weighted by atomic mass is 10.2. The van der Waals surface area contributed by atoms with Crippen LogP contribution in [0.3, 0.4) is 0 Å². The van der Waals surface area contributed by atoms with Gasteiger partial charge in [-0.2, -0.15) is 0 Å². The van der Waals surface area contributed by atoms with E-state index < -0.39 is 8.07 Å². The van der Waals surface area contributed by atoms with Gasteiger partial charge in [0, 0.05) is 6.54 Å². The van der Waals surface area contributed by atoms with Crippen molar-refractivity contribution in [2.75, 3.05) is 0 Å². The van der Waals surface area contributed by atoms with Crippen LogP contribution >= 0.6 is 0 Å². The zero-order valence-electron chi connectivity index (χ0n) is 9.67. The summed E-state index contributed by atoms with van der Waals surface area (Å²) in [6.45, 7) is 10.5. The van der Waals surface area contributed by atoms with Crippen LogP contribution in [0.5, 0.6) is 0 Å². The van der Waals surface area contributed by atoms with Gasteiger partial charge in [-0.3, -0.25) is 0 Å². The second kappa shape index (κ2) is 4.76. The van der Waals surface area contributed by atoms with Crippen LogP contribution in [0, 0.1) is 0 Å². The summed E-state index contributed by atoms with van der Waals surface area (Å²) < 4.78 is 0. The fourth-order valence-electron chi connectivity index (χ4n) is 1.17. The Balaban J connectivity index is 2.42. The van der Waals surface area contributed by atoms with Crippen LogP contribution in [0.25, 0.3) is 0 Å². The fourth-order valence-corrected chi connectivity index (χ4v) is 1.89. The lowest BCUT2D eigenvalue weighted by Crippen LogP contribution is -2.46. The van der Waals surface area contributed by atoms with Crippen molar-refractivity contribution in [3.05, 3.63) is 35.9 Å². The summed E-state index contributed by atoms with van der Waals surface area (Å²) in [5.74, 6) is 0. The average molecular weight is 207 g/mol. The third kappa shape index (κ3) is 3.64. The van der Waals surface area contributed by atoms with Gasteiger partial charge in [-0.15, -0.1) is 0 Å². The fraction of sp³-hybridized carbons (Fsp3) is 0.500. The Kier molecular flexibility index (Phi) is 3.90. The zero-order chi connectivity index (χ0) is 10.6. The van der Waals surface area contributed by atoms with Gasteiger partial charge in [0.2, 0.25) is 0 Å². The first-order valence-electron chi connectivity index (χ1n) is 5.27. The summed E-state index contributed by atoms with van der Waals surface area (Å²) in [4.78, 5) is 0. The zero-order valence-corrected chi connectivity index (χ0v) is 10.7. The lowest BCUT2D eigenvalue weighted by Gasteiger charge is -2.26. The van der Waals surface area contributed by atoms with E-state index in [9.17, 15) is 0 Å². The molecule has 0 fully saturated rings. The molecule has 0 amide bonds. The van der Waals surface area contributed by atoms with E-state index >= 15 is 0 Å². The number of hydrogen-bond donors (Lipinski definition) is 1. The first-order valence-corrected chi connectivity index (χ1v) is 8.85. The van der Waals surface area contributed by atoms with Crippen molar-refractivity contribution in [3.63, 3.8) is 0 Å². The molecule has 1 aromatic carbocycles. The van der Waals surface area contributed by atoms with Crippen molar-refractivity contribution in [1.29, 1.82) is 0 Å². The number of benzene rings is 1. The summed E-state index contributed by atoms with van der Waals surface area (Å²) >= 11 is 0. The van der Waals surface area contributed by atoms with Crippen molar-refractivity contribution in [2.24, 2.45) is 0 Å². The molecule has 14 heavy (non-hydrogen) atoms. The van der Waals surface area contributed by atoms with Gasteiger partial charge in [0.25, 0.3) is 0 Å². The SMILES string of the molecule is CC(NCc1ccccc1)[Si](C)(C)C. The Labute approximate surface area is 88.6 Å². The highest BCUT2D eigenvalue weighted by Crippen LogP contribution is 2.07. The third-order valence-corrected chi connectivity index (χ3v) is 5.56. The molecule has 78 valence electrons. The molecule has 0 aromatic heterocycles. The molecule has 1 nitrogen and oxygen atoms in total. The highest BCUT2D eigenvalue weighted by molar-refractivity contribution is 6.77. The molecule has 0 saturated carbocycles. The van der Waals surface area contributed by atoms with E-state index in [-0.39, 0.29) is 0 Å². The Morgan fingerprint density at radius 2 is 1.71 bits per heavy atom. The van der Waals surface area contributed by atoms with Crippen LogP contribution < -0.4 is 5.32 Å². The summed E-state index contributed by atoms with van der Waals surface area (Å²) in [5, 5.41) is 3.60. The van der Waals surface area contributed by atoms with Crippen molar-refractivity contribution < 1.29 is 0 Å². The Bertz CT molecular complexity index is 263. The molecule has 1 rings (SSSR count). The van der Waals surface area contributed by atoms with Gasteiger partial charge in [0.05, 0.1) is 8.07 Å². The monoisotopic (exact) mass is 207 g/mol. The van der Waals surface area contributed by atoms with E-state index in [1.165, 1.54) is 5.56 Å². The first kappa shape index (κ1) is 11.5. The van der Waals surface area contributed by atoms with Gasteiger partial charge < -0.3 is 5.32 Å². The van der Waals surface area contributed by atoms with Gasteiger partial charge in [0.1, 0.15) is 0 Å². The molecule has 0 spiro atoms. The van der Waals surface area contributed by atoms with Gasteiger partial charge in [0.15, 0.2) is 0 Å². The smallest absolute Gasteiger partial charge is 0.0631 e. The molecule has 2 heteroatoms. The third-order valence-electron chi connectivity index (χ3n) is 2.75. The number of hydrogen-bond acceptors (Lipinski definition) is 1. The van der Waals surface area contributed by atoms with Crippen molar-refractivity contribution in [3.8, 4) is 0 Å². The lowest BCUT2D eigenvalue weighted by molar-refractivity contribution is 0.659. The van der Waals surface area contributed by atoms with Gasteiger partial charge in [-0.1, -0.05) is 56.9 Å². The Hall–Kier alpha value is -0.603. The van der Waals surface area contributed by atoms with Crippen LogP contribution in [0.1, 0.15) is 12.5 Å². The van der Waals surface area contributed by atoms with Gasteiger partial charge >= 0.3 is 0 Å². The molecule has 0 heterocycles. The molecular formula is C12H21NSi. The Morgan fingerprint density at radius 3 is 2.21 bits per heavy atom. The van der Waals surface area contributed by atoms with E-state index in [1.807, 2.05) is 0 Å². The van der Waals surface area contributed by atoms with Crippen molar-refractivity contribution in [2.45, 2.75) is 38.8 Å². The van der Waals surface area contributed by atoms with E-state index in [2.05, 4.69) is 62.2 Å². The molecule has 1 atom stereocenters. The van der Waals surface area contributed by atoms with Crippen LogP contribution in [0.4, 0.5) is 0 Å². The van der Waals surface area contributed by atoms with E-state index in [0.717, 1.165) is 6.54 Å². The molecule has 1 aromatic rings. The van der Waals surface area contributed by atoms with Crippen LogP contribution in [-0.2, 0) is 6.54 Å². The van der Waals surface area contributed by atoms with Crippen LogP contribution in [-0.4, -0.2) is 13.7 Å². The second-order valence-electron chi connectivity index (χ2n) is 4.95. The minimum Gasteiger partial charge on any atom is -0.313 e. The summed E-state index contributed by atoms with van der Waals surface area (Å²) in [6.07, 6.45) is 0. The molecule has 1 unspecified atom stereocenters. The summed E-state index contributed by atoms with van der Waals surface area (Å²) in [7, 11) is -1.03. The van der Waals surface area contributed by atoms with Gasteiger partial charge in [-0.05, 0) is 11.2 Å². The van der Waals surface area contributed by atoms with Crippen LogP contribution in [0.15, 0.2) is 30.3 Å². The maximum atomic E-state index is 3.60. The molecule has 0 aliphatic carbocycles. The van der Waals surface area contributed by atoms with E-state index in [1.54, 1.807) is 0 Å². The predicted molar refractivity (Wildman–Crippen MR) is 66.1 cm³/mol. The quantitative estimate of drug-likeness (QED) is 0.748.